The summed E-state index contributed by atoms with van der Waals surface area (Å²) in [6.45, 7) is 15.5. The molecule has 454 valence electrons. The van der Waals surface area contributed by atoms with Gasteiger partial charge in [0.25, 0.3) is 0 Å². The molecule has 3 aromatic carbocycles. The third-order valence-electron chi connectivity index (χ3n) is 11.3. The predicted molar refractivity (Wildman–Crippen MR) is 289 cm³/mol. The summed E-state index contributed by atoms with van der Waals surface area (Å²) in [5.41, 5.74) is 12.4. The summed E-state index contributed by atoms with van der Waals surface area (Å²) in [6, 6.07) is 13.6. The zero-order chi connectivity index (χ0) is 59.5. The Morgan fingerprint density at radius 3 is 1.63 bits per heavy atom. The van der Waals surface area contributed by atoms with Crippen molar-refractivity contribution in [3.63, 3.8) is 0 Å². The second-order valence-corrected chi connectivity index (χ2v) is 18.8. The molecule has 1 amide bonds. The van der Waals surface area contributed by atoms with Gasteiger partial charge in [-0.25, -0.2) is 13.8 Å². The summed E-state index contributed by atoms with van der Waals surface area (Å²) in [7, 11) is -5.65. The van der Waals surface area contributed by atoms with Crippen molar-refractivity contribution < 1.29 is 97.1 Å². The summed E-state index contributed by atoms with van der Waals surface area (Å²) in [5, 5.41) is 14.7. The van der Waals surface area contributed by atoms with E-state index in [0.29, 0.717) is 129 Å². The lowest BCUT2D eigenvalue weighted by atomic mass is 9.96. The topological polar surface area (TPSA) is 277 Å². The van der Waals surface area contributed by atoms with Gasteiger partial charge < -0.3 is 63.2 Å². The van der Waals surface area contributed by atoms with Crippen LogP contribution in [-0.4, -0.2) is 181 Å². The molecule has 0 saturated heterocycles. The minimum absolute atomic E-state index is 0.0157. The number of hydrogen-bond acceptors (Lipinski definition) is 20. The maximum atomic E-state index is 14.0. The van der Waals surface area contributed by atoms with Gasteiger partial charge in [-0.1, -0.05) is 37.8 Å². The number of carbonyl (C=O) groups is 2. The average molecular weight is 1180 g/mol. The Morgan fingerprint density at radius 2 is 1.18 bits per heavy atom. The van der Waals surface area contributed by atoms with Crippen molar-refractivity contribution >= 4 is 39.6 Å². The lowest BCUT2D eigenvalue weighted by molar-refractivity contribution is -0.136. The van der Waals surface area contributed by atoms with Crippen LogP contribution >= 0.6 is 0 Å². The van der Waals surface area contributed by atoms with E-state index in [0.717, 1.165) is 39.9 Å². The SMILES string of the molecule is C=C(C1=Cc2ccc(-c3ccc(CNC(=O)CCOCCOCCOCCOCCOCCOCCOCCOCCOCCOCCC(=O)Oc4c(F)c(F)c(S(=O)(=O)O)c(F)c4F)cc3C#N)cc2N=C(N)C1)N(CCC)OCC. The molecule has 0 unspecified atom stereocenters. The molecule has 82 heavy (non-hydrogen) atoms. The van der Waals surface area contributed by atoms with Crippen LogP contribution in [0.2, 0.25) is 0 Å². The minimum atomic E-state index is -5.65. The molecular formula is C55H73F4N5O17S. The van der Waals surface area contributed by atoms with Crippen molar-refractivity contribution in [1.82, 2.24) is 10.4 Å². The first-order valence-electron chi connectivity index (χ1n) is 26.5. The van der Waals surface area contributed by atoms with Crippen LogP contribution in [0.4, 0.5) is 23.2 Å². The van der Waals surface area contributed by atoms with E-state index in [4.69, 9.17) is 62.5 Å². The zero-order valence-electron chi connectivity index (χ0n) is 46.2. The Bertz CT molecular complexity index is 2680. The number of nitrogens with one attached hydrogen (secondary N) is 1. The van der Waals surface area contributed by atoms with Gasteiger partial charge in [0.1, 0.15) is 5.84 Å². The van der Waals surface area contributed by atoms with E-state index in [1.54, 1.807) is 11.1 Å². The Balaban J connectivity index is 0.881. The molecule has 22 nitrogen and oxygen atoms in total. The van der Waals surface area contributed by atoms with Crippen LogP contribution in [0.1, 0.15) is 56.2 Å². The Kier molecular flexibility index (Phi) is 32.4. The number of benzene rings is 3. The van der Waals surface area contributed by atoms with Crippen LogP contribution in [0.3, 0.4) is 0 Å². The second-order valence-electron chi connectivity index (χ2n) is 17.4. The molecule has 0 atom stereocenters. The van der Waals surface area contributed by atoms with Crippen LogP contribution in [0.5, 0.6) is 5.75 Å². The van der Waals surface area contributed by atoms with Gasteiger partial charge in [-0.2, -0.15) is 22.5 Å². The number of rotatable bonds is 44. The number of halogens is 4. The monoisotopic (exact) mass is 1180 g/mol. The number of nitrogens with two attached hydrogens (primary N) is 1. The first-order valence-corrected chi connectivity index (χ1v) is 27.9. The number of esters is 1. The van der Waals surface area contributed by atoms with E-state index in [2.05, 4.69) is 34.6 Å². The summed E-state index contributed by atoms with van der Waals surface area (Å²) in [4.78, 5) is 32.6. The van der Waals surface area contributed by atoms with Crippen molar-refractivity contribution in [1.29, 1.82) is 5.26 Å². The summed E-state index contributed by atoms with van der Waals surface area (Å²) in [6.07, 6.45) is 2.93. The van der Waals surface area contributed by atoms with Crippen LogP contribution in [0, 0.1) is 34.6 Å². The highest BCUT2D eigenvalue weighted by atomic mass is 32.2. The van der Waals surface area contributed by atoms with Gasteiger partial charge in [-0.05, 0) is 53.8 Å². The van der Waals surface area contributed by atoms with Crippen molar-refractivity contribution in [3.05, 3.63) is 94.2 Å². The van der Waals surface area contributed by atoms with Crippen LogP contribution in [0.15, 0.2) is 64.1 Å². The Labute approximate surface area is 475 Å². The first-order chi connectivity index (χ1) is 39.6. The quantitative estimate of drug-likeness (QED) is 0.0109. The molecule has 3 aromatic rings. The molecule has 27 heteroatoms. The van der Waals surface area contributed by atoms with Gasteiger partial charge in [-0.15, -0.1) is 0 Å². The fourth-order valence-corrected chi connectivity index (χ4v) is 7.98. The molecule has 0 saturated carbocycles. The molecule has 0 aromatic heterocycles. The van der Waals surface area contributed by atoms with Gasteiger partial charge in [0.05, 0.1) is 168 Å². The van der Waals surface area contributed by atoms with Crippen LogP contribution < -0.4 is 15.8 Å². The lowest BCUT2D eigenvalue weighted by Crippen LogP contribution is -2.26. The number of nitrogens with zero attached hydrogens (tertiary/aromatic N) is 3. The smallest absolute Gasteiger partial charge is 0.313 e. The van der Waals surface area contributed by atoms with E-state index in [1.807, 2.05) is 43.3 Å². The Morgan fingerprint density at radius 1 is 0.707 bits per heavy atom. The van der Waals surface area contributed by atoms with Crippen molar-refractivity contribution in [2.75, 3.05) is 145 Å². The summed E-state index contributed by atoms with van der Waals surface area (Å²) < 4.78 is 145. The van der Waals surface area contributed by atoms with E-state index in [-0.39, 0.29) is 58.5 Å². The Hall–Kier alpha value is -5.97. The maximum Gasteiger partial charge on any atom is 0.313 e. The number of aliphatic imine (C=N–C) groups is 1. The van der Waals surface area contributed by atoms with Crippen molar-refractivity contribution in [2.24, 2.45) is 10.7 Å². The standard InChI is InChI=1S/C55H73F4N5O17S/c1-4-12-64(80-5-2)39(3)43-34-42-8-7-41(35-46(42)63-47(61)36-43)45-9-6-40(33-44(45)37-60)38-62-48(65)10-13-70-15-17-72-19-21-74-23-25-76-27-29-78-31-32-79-30-28-77-26-24-75-22-20-73-18-16-71-14-11-49(66)81-54-50(56)52(58)55(82(67,68)69)53(59)51(54)57/h6-9,33-35H,3-5,10-32,36,38H2,1-2H3,(H2,61,63)(H,62,65)(H,67,68,69). The summed E-state index contributed by atoms with van der Waals surface area (Å²) >= 11 is 0. The maximum absolute atomic E-state index is 14.0. The number of allylic oxidation sites excluding steroid dienone is 1. The molecular weight excluding hydrogens is 1110 g/mol. The molecule has 1 aliphatic rings. The third kappa shape index (κ3) is 24.9. The number of fused-ring (bicyclic) bond motifs is 1. The molecule has 1 aliphatic heterocycles. The van der Waals surface area contributed by atoms with Crippen LogP contribution in [0.25, 0.3) is 17.2 Å². The minimum Gasteiger partial charge on any atom is -0.420 e. The van der Waals surface area contributed by atoms with Crippen molar-refractivity contribution in [3.8, 4) is 22.9 Å². The number of carbonyl (C=O) groups excluding carboxylic acids is 2. The van der Waals surface area contributed by atoms with E-state index in [1.165, 1.54) is 0 Å². The van der Waals surface area contributed by atoms with Crippen molar-refractivity contribution in [2.45, 2.75) is 51.0 Å². The third-order valence-corrected chi connectivity index (χ3v) is 12.2. The van der Waals surface area contributed by atoms with Crippen LogP contribution in [-0.2, 0) is 78.5 Å². The molecule has 0 fully saturated rings. The molecule has 0 spiro atoms. The highest BCUT2D eigenvalue weighted by molar-refractivity contribution is 7.85. The van der Waals surface area contributed by atoms with E-state index >= 15 is 0 Å². The number of nitriles is 1. The first kappa shape index (κ1) is 68.5. The van der Waals surface area contributed by atoms with Gasteiger partial charge in [0.2, 0.25) is 23.3 Å². The normalized spacial score (nSPS) is 12.3. The zero-order valence-corrected chi connectivity index (χ0v) is 47.0. The average Bonchev–Trinajstić information content (AvgIpc) is 3.81. The number of amides is 1. The number of hydroxylamine groups is 2. The van der Waals surface area contributed by atoms with Gasteiger partial charge in [0, 0.05) is 31.5 Å². The van der Waals surface area contributed by atoms with E-state index in [9.17, 15) is 40.8 Å². The fraction of sp³-hybridized carbons (Fsp3) is 0.527. The second kappa shape index (κ2) is 38.7. The summed E-state index contributed by atoms with van der Waals surface area (Å²) in [5.74, 6) is -12.4. The van der Waals surface area contributed by atoms with Gasteiger partial charge >= 0.3 is 16.1 Å². The molecule has 0 bridgehead atoms. The molecule has 4 N–H and O–H groups in total. The highest BCUT2D eigenvalue weighted by Crippen LogP contribution is 2.36. The number of amidine groups is 1. The number of hydrogen-bond donors (Lipinski definition) is 3. The lowest BCUT2D eigenvalue weighted by Gasteiger charge is -2.26. The molecule has 0 radical (unpaired) electrons. The largest absolute Gasteiger partial charge is 0.420 e. The van der Waals surface area contributed by atoms with E-state index < -0.39 is 56.4 Å². The highest BCUT2D eigenvalue weighted by Gasteiger charge is 2.34. The fourth-order valence-electron chi connectivity index (χ4n) is 7.35. The molecule has 1 heterocycles. The van der Waals surface area contributed by atoms with Gasteiger partial charge in [0.15, 0.2) is 16.5 Å². The number of ether oxygens (including phenoxy) is 11. The molecule has 0 aliphatic carbocycles. The van der Waals surface area contributed by atoms with Gasteiger partial charge in [-0.3, -0.25) is 24.0 Å². The predicted octanol–water partition coefficient (Wildman–Crippen LogP) is 6.15. The molecule has 4 rings (SSSR count).